The molecule has 0 fully saturated rings. The average Bonchev–Trinajstić information content (AvgIpc) is 2.83. The van der Waals surface area contributed by atoms with Crippen molar-refractivity contribution < 1.29 is 19.1 Å². The van der Waals surface area contributed by atoms with E-state index in [2.05, 4.69) is 4.98 Å². The van der Waals surface area contributed by atoms with E-state index in [9.17, 15) is 9.59 Å². The number of esters is 1. The molecule has 0 aliphatic carbocycles. The van der Waals surface area contributed by atoms with Crippen LogP contribution in [0.1, 0.15) is 50.2 Å². The van der Waals surface area contributed by atoms with Gasteiger partial charge in [0, 0.05) is 5.69 Å². The third-order valence-corrected chi connectivity index (χ3v) is 3.90. The van der Waals surface area contributed by atoms with Gasteiger partial charge in [0.15, 0.2) is 6.61 Å². The van der Waals surface area contributed by atoms with Crippen molar-refractivity contribution in [2.24, 2.45) is 0 Å². The van der Waals surface area contributed by atoms with E-state index in [0.29, 0.717) is 34.9 Å². The van der Waals surface area contributed by atoms with Crippen LogP contribution in [0.5, 0.6) is 5.75 Å². The number of rotatable bonds is 6. The van der Waals surface area contributed by atoms with Gasteiger partial charge in [0.05, 0.1) is 17.9 Å². The standard InChI is InChI=1S/C19H23NO4/c1-6-23-19(22)17-13(4)18(20-14(17)5)15(21)10-24-16-9-11(2)7-8-12(16)3/h7-9,20H,6,10H2,1-5H3. The Kier molecular flexibility index (Phi) is 5.44. The molecule has 5 nitrogen and oxygen atoms in total. The van der Waals surface area contributed by atoms with Crippen molar-refractivity contribution in [1.29, 1.82) is 0 Å². The Morgan fingerprint density at radius 3 is 2.50 bits per heavy atom. The molecule has 2 aromatic rings. The first-order valence-electron chi connectivity index (χ1n) is 7.94. The molecule has 128 valence electrons. The Morgan fingerprint density at radius 2 is 1.83 bits per heavy atom. The molecule has 0 radical (unpaired) electrons. The predicted molar refractivity (Wildman–Crippen MR) is 92.0 cm³/mol. The highest BCUT2D eigenvalue weighted by molar-refractivity contribution is 6.02. The van der Waals surface area contributed by atoms with Crippen LogP contribution in [0.25, 0.3) is 0 Å². The minimum Gasteiger partial charge on any atom is -0.485 e. The number of carbonyl (C=O) groups excluding carboxylic acids is 2. The van der Waals surface area contributed by atoms with Crippen molar-refractivity contribution in [2.45, 2.75) is 34.6 Å². The van der Waals surface area contributed by atoms with Crippen LogP contribution < -0.4 is 4.74 Å². The summed E-state index contributed by atoms with van der Waals surface area (Å²) in [6, 6.07) is 5.85. The predicted octanol–water partition coefficient (Wildman–Crippen LogP) is 3.69. The maximum atomic E-state index is 12.5. The van der Waals surface area contributed by atoms with Crippen molar-refractivity contribution in [2.75, 3.05) is 13.2 Å². The number of benzene rings is 1. The molecule has 0 spiro atoms. The van der Waals surface area contributed by atoms with Crippen LogP contribution >= 0.6 is 0 Å². The minimum atomic E-state index is -0.418. The number of Topliss-reactive ketones (excluding diaryl/α,β-unsaturated/α-hetero) is 1. The zero-order chi connectivity index (χ0) is 17.9. The molecule has 0 aliphatic rings. The second kappa shape index (κ2) is 7.34. The maximum absolute atomic E-state index is 12.5. The number of H-pyrrole nitrogens is 1. The van der Waals surface area contributed by atoms with Gasteiger partial charge in [-0.05, 0) is 57.4 Å². The maximum Gasteiger partial charge on any atom is 0.340 e. The zero-order valence-electron chi connectivity index (χ0n) is 14.8. The molecule has 1 heterocycles. The molecule has 0 unspecified atom stereocenters. The van der Waals surface area contributed by atoms with Crippen LogP contribution in [0.15, 0.2) is 18.2 Å². The summed E-state index contributed by atoms with van der Waals surface area (Å²) < 4.78 is 10.7. The first-order chi connectivity index (χ1) is 11.3. The normalized spacial score (nSPS) is 10.5. The Balaban J connectivity index is 2.17. The SMILES string of the molecule is CCOC(=O)c1c(C)[nH]c(C(=O)COc2cc(C)ccc2C)c1C. The lowest BCUT2D eigenvalue weighted by atomic mass is 10.1. The van der Waals surface area contributed by atoms with Gasteiger partial charge < -0.3 is 14.5 Å². The molecule has 1 aromatic heterocycles. The van der Waals surface area contributed by atoms with Gasteiger partial charge in [-0.15, -0.1) is 0 Å². The summed E-state index contributed by atoms with van der Waals surface area (Å²) in [6.07, 6.45) is 0. The Labute approximate surface area is 142 Å². The van der Waals surface area contributed by atoms with E-state index in [1.54, 1.807) is 20.8 Å². The number of aromatic amines is 1. The van der Waals surface area contributed by atoms with E-state index in [4.69, 9.17) is 9.47 Å². The van der Waals surface area contributed by atoms with Gasteiger partial charge in [0.2, 0.25) is 5.78 Å². The molecule has 0 saturated heterocycles. The summed E-state index contributed by atoms with van der Waals surface area (Å²) in [7, 11) is 0. The van der Waals surface area contributed by atoms with Crippen LogP contribution in [0, 0.1) is 27.7 Å². The molecule has 5 heteroatoms. The monoisotopic (exact) mass is 329 g/mol. The second-order valence-electron chi connectivity index (χ2n) is 5.83. The molecular weight excluding hydrogens is 306 g/mol. The summed E-state index contributed by atoms with van der Waals surface area (Å²) >= 11 is 0. The molecule has 0 aliphatic heterocycles. The Bertz CT molecular complexity index is 774. The van der Waals surface area contributed by atoms with Gasteiger partial charge in [-0.25, -0.2) is 4.79 Å². The van der Waals surface area contributed by atoms with Gasteiger partial charge in [0.1, 0.15) is 5.75 Å². The van der Waals surface area contributed by atoms with E-state index in [1.807, 2.05) is 32.0 Å². The van der Waals surface area contributed by atoms with Crippen molar-refractivity contribution in [3.63, 3.8) is 0 Å². The van der Waals surface area contributed by atoms with Gasteiger partial charge in [-0.2, -0.15) is 0 Å². The first-order valence-corrected chi connectivity index (χ1v) is 7.94. The van der Waals surface area contributed by atoms with Gasteiger partial charge in [-0.3, -0.25) is 4.79 Å². The summed E-state index contributed by atoms with van der Waals surface area (Å²) in [6.45, 7) is 9.34. The highest BCUT2D eigenvalue weighted by Crippen LogP contribution is 2.22. The molecular formula is C19H23NO4. The van der Waals surface area contributed by atoms with E-state index >= 15 is 0 Å². The number of aromatic nitrogens is 1. The fourth-order valence-electron chi connectivity index (χ4n) is 2.62. The summed E-state index contributed by atoms with van der Waals surface area (Å²) in [5.41, 5.74) is 4.08. The van der Waals surface area contributed by atoms with Gasteiger partial charge in [-0.1, -0.05) is 12.1 Å². The molecule has 2 rings (SSSR count). The van der Waals surface area contributed by atoms with Crippen molar-refractivity contribution >= 4 is 11.8 Å². The van der Waals surface area contributed by atoms with Crippen LogP contribution in [-0.4, -0.2) is 30.0 Å². The number of aryl methyl sites for hydroxylation is 3. The fraction of sp³-hybridized carbons (Fsp3) is 0.368. The number of hydrogen-bond donors (Lipinski definition) is 1. The Morgan fingerprint density at radius 1 is 1.12 bits per heavy atom. The van der Waals surface area contributed by atoms with E-state index < -0.39 is 5.97 Å². The van der Waals surface area contributed by atoms with Crippen molar-refractivity contribution in [3.8, 4) is 5.75 Å². The number of carbonyl (C=O) groups is 2. The summed E-state index contributed by atoms with van der Waals surface area (Å²) in [5, 5.41) is 0. The molecule has 0 saturated carbocycles. The van der Waals surface area contributed by atoms with E-state index in [-0.39, 0.29) is 12.4 Å². The van der Waals surface area contributed by atoms with Crippen LogP contribution in [0.2, 0.25) is 0 Å². The van der Waals surface area contributed by atoms with Crippen LogP contribution in [0.4, 0.5) is 0 Å². The molecule has 0 bridgehead atoms. The van der Waals surface area contributed by atoms with Crippen LogP contribution in [0.3, 0.4) is 0 Å². The van der Waals surface area contributed by atoms with Gasteiger partial charge in [0.25, 0.3) is 0 Å². The largest absolute Gasteiger partial charge is 0.485 e. The fourth-order valence-corrected chi connectivity index (χ4v) is 2.62. The lowest BCUT2D eigenvalue weighted by Crippen LogP contribution is -2.14. The molecule has 0 atom stereocenters. The highest BCUT2D eigenvalue weighted by atomic mass is 16.5. The van der Waals surface area contributed by atoms with Crippen molar-refractivity contribution in [3.05, 3.63) is 51.8 Å². The average molecular weight is 329 g/mol. The zero-order valence-corrected chi connectivity index (χ0v) is 14.8. The number of hydrogen-bond acceptors (Lipinski definition) is 4. The third kappa shape index (κ3) is 3.67. The van der Waals surface area contributed by atoms with E-state index in [0.717, 1.165) is 11.1 Å². The van der Waals surface area contributed by atoms with E-state index in [1.165, 1.54) is 0 Å². The molecule has 1 aromatic carbocycles. The lowest BCUT2D eigenvalue weighted by molar-refractivity contribution is 0.0525. The molecule has 0 amide bonds. The van der Waals surface area contributed by atoms with Crippen molar-refractivity contribution in [1.82, 2.24) is 4.98 Å². The first kappa shape index (κ1) is 17.8. The molecule has 1 N–H and O–H groups in total. The quantitative estimate of drug-likeness (QED) is 0.648. The highest BCUT2D eigenvalue weighted by Gasteiger charge is 2.23. The summed E-state index contributed by atoms with van der Waals surface area (Å²) in [5.74, 6) is 0.0696. The molecule has 24 heavy (non-hydrogen) atoms. The number of ether oxygens (including phenoxy) is 2. The topological polar surface area (TPSA) is 68.4 Å². The summed E-state index contributed by atoms with van der Waals surface area (Å²) in [4.78, 5) is 27.5. The Hall–Kier alpha value is -2.56. The number of ketones is 1. The minimum absolute atomic E-state index is 0.0899. The second-order valence-corrected chi connectivity index (χ2v) is 5.83. The van der Waals surface area contributed by atoms with Gasteiger partial charge >= 0.3 is 5.97 Å². The number of nitrogens with one attached hydrogen (secondary N) is 1. The third-order valence-electron chi connectivity index (χ3n) is 3.90. The lowest BCUT2D eigenvalue weighted by Gasteiger charge is -2.09. The smallest absolute Gasteiger partial charge is 0.340 e. The van der Waals surface area contributed by atoms with Crippen LogP contribution in [-0.2, 0) is 4.74 Å².